The molecule has 1 unspecified atom stereocenters. The van der Waals surface area contributed by atoms with Gasteiger partial charge in [0.2, 0.25) is 0 Å². The lowest BCUT2D eigenvalue weighted by Gasteiger charge is -2.31. The number of carbonyl (C=O) groups is 1. The number of nitrogens with two attached hydrogens (primary N) is 1. The molecule has 2 aromatic carbocycles. The minimum Gasteiger partial charge on any atom is -0.443 e. The molecule has 2 saturated heterocycles. The quantitative estimate of drug-likeness (QED) is 0.778. The summed E-state index contributed by atoms with van der Waals surface area (Å²) in [6.45, 7) is 0.549. The van der Waals surface area contributed by atoms with Gasteiger partial charge in [0.25, 0.3) is 0 Å². The Morgan fingerprint density at radius 3 is 2.29 bits per heavy atom. The molecule has 6 heteroatoms. The van der Waals surface area contributed by atoms with E-state index >= 15 is 0 Å². The van der Waals surface area contributed by atoms with Crippen molar-refractivity contribution in [2.75, 3.05) is 13.7 Å². The molecule has 2 N–H and O–H groups in total. The third-order valence-electron chi connectivity index (χ3n) is 6.06. The van der Waals surface area contributed by atoms with Gasteiger partial charge in [-0.3, -0.25) is 0 Å². The van der Waals surface area contributed by atoms with Crippen molar-refractivity contribution in [3.05, 3.63) is 59.7 Å². The molecular weight excluding hydrogens is 358 g/mol. The zero-order valence-electron chi connectivity index (χ0n) is 15.6. The van der Waals surface area contributed by atoms with E-state index in [2.05, 4.69) is 24.3 Å². The first-order valence-electron chi connectivity index (χ1n) is 9.61. The molecule has 146 valence electrons. The summed E-state index contributed by atoms with van der Waals surface area (Å²) in [5.41, 5.74) is 10.3. The Kier molecular flexibility index (Phi) is 4.34. The van der Waals surface area contributed by atoms with Crippen molar-refractivity contribution < 1.29 is 23.7 Å². The number of rotatable bonds is 6. The summed E-state index contributed by atoms with van der Waals surface area (Å²) in [4.78, 5) is 11.7. The molecule has 28 heavy (non-hydrogen) atoms. The fourth-order valence-corrected chi connectivity index (χ4v) is 4.80. The number of ether oxygens (including phenoxy) is 4. The molecule has 6 nitrogen and oxygen atoms in total. The Hall–Kier alpha value is -2.41. The van der Waals surface area contributed by atoms with Gasteiger partial charge in [-0.25, -0.2) is 4.79 Å². The SMILES string of the molecule is CO[C@H](C(CC1c2ccccc2-c2ccccc21)OC(N)=O)[C@H]1OC[C@H]2O[C@@H]12. The van der Waals surface area contributed by atoms with Crippen LogP contribution in [0.25, 0.3) is 11.1 Å². The number of benzene rings is 2. The van der Waals surface area contributed by atoms with Crippen molar-refractivity contribution in [3.63, 3.8) is 0 Å². The highest BCUT2D eigenvalue weighted by molar-refractivity contribution is 5.78. The molecule has 0 saturated carbocycles. The first-order valence-corrected chi connectivity index (χ1v) is 9.61. The molecule has 2 fully saturated rings. The molecular formula is C22H23NO5. The fraction of sp³-hybridized carbons (Fsp3) is 0.409. The smallest absolute Gasteiger partial charge is 0.404 e. The van der Waals surface area contributed by atoms with Crippen molar-refractivity contribution in [1.29, 1.82) is 0 Å². The predicted molar refractivity (Wildman–Crippen MR) is 102 cm³/mol. The summed E-state index contributed by atoms with van der Waals surface area (Å²) in [5.74, 6) is 0.0896. The minimum absolute atomic E-state index is 0.00655. The van der Waals surface area contributed by atoms with Gasteiger partial charge in [0, 0.05) is 13.0 Å². The first kappa shape index (κ1) is 17.7. The van der Waals surface area contributed by atoms with Gasteiger partial charge in [0.15, 0.2) is 0 Å². The van der Waals surface area contributed by atoms with E-state index in [9.17, 15) is 4.79 Å². The number of hydrogen-bond acceptors (Lipinski definition) is 5. The predicted octanol–water partition coefficient (Wildman–Crippen LogP) is 2.83. The largest absolute Gasteiger partial charge is 0.443 e. The third-order valence-corrected chi connectivity index (χ3v) is 6.06. The Labute approximate surface area is 163 Å². The van der Waals surface area contributed by atoms with Crippen LogP contribution in [0.4, 0.5) is 4.79 Å². The van der Waals surface area contributed by atoms with E-state index in [1.165, 1.54) is 22.3 Å². The molecule has 1 amide bonds. The Balaban J connectivity index is 1.48. The van der Waals surface area contributed by atoms with Crippen LogP contribution in [0.15, 0.2) is 48.5 Å². The molecule has 0 radical (unpaired) electrons. The van der Waals surface area contributed by atoms with Crippen molar-refractivity contribution in [2.45, 2.75) is 42.9 Å². The standard InChI is InChI=1S/C22H23NO5/c1-25-19(21-20-18(27-20)11-26-21)17(28-22(23)24)10-16-14-8-4-2-6-12(14)13-7-3-5-9-15(13)16/h2-9,16-21H,10-11H2,1H3,(H2,23,24)/t17?,18-,19-,20-,21-/m1/s1. The molecule has 2 aliphatic heterocycles. The highest BCUT2D eigenvalue weighted by Crippen LogP contribution is 2.48. The van der Waals surface area contributed by atoms with Crippen molar-refractivity contribution >= 4 is 6.09 Å². The Bertz CT molecular complexity index is 855. The summed E-state index contributed by atoms with van der Waals surface area (Å²) in [5, 5.41) is 0. The van der Waals surface area contributed by atoms with Crippen LogP contribution in [0, 0.1) is 0 Å². The van der Waals surface area contributed by atoms with Gasteiger partial charge in [-0.1, -0.05) is 48.5 Å². The molecule has 0 bridgehead atoms. The van der Waals surface area contributed by atoms with Gasteiger partial charge >= 0.3 is 6.09 Å². The lowest BCUT2D eigenvalue weighted by atomic mass is 9.88. The maximum absolute atomic E-state index is 11.7. The summed E-state index contributed by atoms with van der Waals surface area (Å²) in [6.07, 6.45) is -1.35. The van der Waals surface area contributed by atoms with Gasteiger partial charge in [-0.2, -0.15) is 0 Å². The number of fused-ring (bicyclic) bond motifs is 4. The van der Waals surface area contributed by atoms with Crippen LogP contribution in [-0.4, -0.2) is 50.3 Å². The van der Waals surface area contributed by atoms with Crippen LogP contribution in [0.1, 0.15) is 23.5 Å². The molecule has 3 aliphatic rings. The average Bonchev–Trinajstić information content (AvgIpc) is 3.27. The van der Waals surface area contributed by atoms with Crippen LogP contribution < -0.4 is 5.73 Å². The topological polar surface area (TPSA) is 83.3 Å². The Morgan fingerprint density at radius 2 is 1.79 bits per heavy atom. The van der Waals surface area contributed by atoms with E-state index in [0.29, 0.717) is 13.0 Å². The van der Waals surface area contributed by atoms with Crippen molar-refractivity contribution in [2.24, 2.45) is 5.73 Å². The number of carbonyl (C=O) groups excluding carboxylic acids is 1. The summed E-state index contributed by atoms with van der Waals surface area (Å²) >= 11 is 0. The lowest BCUT2D eigenvalue weighted by molar-refractivity contribution is -0.114. The van der Waals surface area contributed by atoms with E-state index < -0.39 is 18.3 Å². The number of amides is 1. The summed E-state index contributed by atoms with van der Waals surface area (Å²) in [7, 11) is 1.61. The van der Waals surface area contributed by atoms with Crippen LogP contribution in [0.3, 0.4) is 0 Å². The lowest BCUT2D eigenvalue weighted by Crippen LogP contribution is -2.45. The van der Waals surface area contributed by atoms with Crippen LogP contribution in [-0.2, 0) is 18.9 Å². The molecule has 2 heterocycles. The molecule has 0 aromatic heterocycles. The van der Waals surface area contributed by atoms with Crippen LogP contribution in [0.2, 0.25) is 0 Å². The molecule has 5 atom stereocenters. The van der Waals surface area contributed by atoms with Gasteiger partial charge in [0.1, 0.15) is 30.5 Å². The maximum atomic E-state index is 11.7. The number of methoxy groups -OCH3 is 1. The van der Waals surface area contributed by atoms with E-state index in [1.807, 2.05) is 24.3 Å². The van der Waals surface area contributed by atoms with Gasteiger partial charge < -0.3 is 24.7 Å². The van der Waals surface area contributed by atoms with E-state index in [1.54, 1.807) is 7.11 Å². The molecule has 1 aliphatic carbocycles. The van der Waals surface area contributed by atoms with Gasteiger partial charge in [0.05, 0.1) is 6.61 Å². The Morgan fingerprint density at radius 1 is 1.14 bits per heavy atom. The highest BCUT2D eigenvalue weighted by atomic mass is 16.7. The number of hydrogen-bond donors (Lipinski definition) is 1. The van der Waals surface area contributed by atoms with E-state index in [-0.39, 0.29) is 24.2 Å². The molecule has 0 spiro atoms. The van der Waals surface area contributed by atoms with Crippen molar-refractivity contribution in [3.8, 4) is 11.1 Å². The number of epoxide rings is 1. The summed E-state index contributed by atoms with van der Waals surface area (Å²) in [6, 6.07) is 16.7. The van der Waals surface area contributed by atoms with Crippen LogP contribution >= 0.6 is 0 Å². The average molecular weight is 381 g/mol. The zero-order chi connectivity index (χ0) is 19.3. The molecule has 5 rings (SSSR count). The van der Waals surface area contributed by atoms with Gasteiger partial charge in [-0.05, 0) is 28.7 Å². The number of primary amides is 1. The van der Waals surface area contributed by atoms with Crippen LogP contribution in [0.5, 0.6) is 0 Å². The summed E-state index contributed by atoms with van der Waals surface area (Å²) < 4.78 is 22.8. The van der Waals surface area contributed by atoms with E-state index in [4.69, 9.17) is 24.7 Å². The van der Waals surface area contributed by atoms with Gasteiger partial charge in [-0.15, -0.1) is 0 Å². The monoisotopic (exact) mass is 381 g/mol. The zero-order valence-corrected chi connectivity index (χ0v) is 15.6. The second kappa shape index (κ2) is 6.88. The van der Waals surface area contributed by atoms with Crippen molar-refractivity contribution in [1.82, 2.24) is 0 Å². The fourth-order valence-electron chi connectivity index (χ4n) is 4.80. The first-order chi connectivity index (χ1) is 13.7. The maximum Gasteiger partial charge on any atom is 0.404 e. The highest BCUT2D eigenvalue weighted by Gasteiger charge is 2.56. The normalized spacial score (nSPS) is 26.8. The minimum atomic E-state index is -0.808. The third kappa shape index (κ3) is 2.89. The molecule has 2 aromatic rings. The van der Waals surface area contributed by atoms with E-state index in [0.717, 1.165) is 0 Å². The second-order valence-corrected chi connectivity index (χ2v) is 7.58. The second-order valence-electron chi connectivity index (χ2n) is 7.58.